The number of hydrogen-bond acceptors (Lipinski definition) is 3. The van der Waals surface area contributed by atoms with Crippen LogP contribution in [0.2, 0.25) is 0 Å². The summed E-state index contributed by atoms with van der Waals surface area (Å²) in [5.74, 6) is 0.762. The summed E-state index contributed by atoms with van der Waals surface area (Å²) in [5, 5.41) is 2.96. The number of nitrogens with one attached hydrogen (secondary N) is 1. The van der Waals surface area contributed by atoms with Gasteiger partial charge in [-0.15, -0.1) is 0 Å². The summed E-state index contributed by atoms with van der Waals surface area (Å²) in [7, 11) is 0. The Kier molecular flexibility index (Phi) is 9.31. The van der Waals surface area contributed by atoms with Crippen molar-refractivity contribution in [2.75, 3.05) is 31.6 Å². The van der Waals surface area contributed by atoms with Gasteiger partial charge >= 0.3 is 0 Å². The molecular weight excluding hydrogens is 276 g/mol. The number of anilines is 1. The highest BCUT2D eigenvalue weighted by Crippen LogP contribution is 2.24. The Balaban J connectivity index is 2.50. The first kappa shape index (κ1) is 18.5. The van der Waals surface area contributed by atoms with E-state index in [4.69, 9.17) is 4.74 Å². The van der Waals surface area contributed by atoms with Gasteiger partial charge in [0.05, 0.1) is 18.8 Å². The van der Waals surface area contributed by atoms with E-state index in [0.29, 0.717) is 13.2 Å². The molecule has 0 fully saturated rings. The van der Waals surface area contributed by atoms with Crippen LogP contribution in [0.1, 0.15) is 46.5 Å². The number of hydrogen-bond donors (Lipinski definition) is 1. The Morgan fingerprint density at radius 1 is 1.09 bits per heavy atom. The molecule has 0 aliphatic carbocycles. The van der Waals surface area contributed by atoms with Crippen molar-refractivity contribution in [3.63, 3.8) is 0 Å². The lowest BCUT2D eigenvalue weighted by Crippen LogP contribution is -2.33. The number of carbonyl (C=O) groups excluding carboxylic acids is 1. The van der Waals surface area contributed by atoms with E-state index in [9.17, 15) is 4.79 Å². The molecule has 1 amide bonds. The van der Waals surface area contributed by atoms with Crippen molar-refractivity contribution in [1.82, 2.24) is 4.90 Å². The molecule has 0 unspecified atom stereocenters. The maximum atomic E-state index is 12.1. The normalized spacial score (nSPS) is 10.7. The lowest BCUT2D eigenvalue weighted by molar-refractivity contribution is -0.117. The van der Waals surface area contributed by atoms with Crippen LogP contribution >= 0.6 is 0 Å². The summed E-state index contributed by atoms with van der Waals surface area (Å²) in [6.07, 6.45) is 4.70. The molecular formula is C18H30N2O2. The Hall–Kier alpha value is -1.55. The number of carbonyl (C=O) groups is 1. The second-order valence-corrected chi connectivity index (χ2v) is 5.41. The fourth-order valence-corrected chi connectivity index (χ4v) is 2.25. The van der Waals surface area contributed by atoms with Crippen molar-refractivity contribution in [3.05, 3.63) is 24.3 Å². The number of amides is 1. The molecule has 0 spiro atoms. The van der Waals surface area contributed by atoms with Gasteiger partial charge in [0.25, 0.3) is 0 Å². The van der Waals surface area contributed by atoms with Crippen LogP contribution in [0.25, 0.3) is 0 Å². The lowest BCUT2D eigenvalue weighted by atomic mass is 10.2. The van der Waals surface area contributed by atoms with Gasteiger partial charge in [-0.3, -0.25) is 9.69 Å². The average Bonchev–Trinajstić information content (AvgIpc) is 2.54. The predicted octanol–water partition coefficient (Wildman–Crippen LogP) is 3.93. The van der Waals surface area contributed by atoms with Crippen molar-refractivity contribution >= 4 is 11.6 Å². The fraction of sp³-hybridized carbons (Fsp3) is 0.611. The topological polar surface area (TPSA) is 41.6 Å². The third kappa shape index (κ3) is 6.94. The second-order valence-electron chi connectivity index (χ2n) is 5.41. The molecule has 4 heteroatoms. The van der Waals surface area contributed by atoms with Crippen molar-refractivity contribution in [2.24, 2.45) is 0 Å². The molecule has 0 aliphatic rings. The highest BCUT2D eigenvalue weighted by molar-refractivity contribution is 5.93. The lowest BCUT2D eigenvalue weighted by Gasteiger charge is -2.18. The molecule has 0 saturated carbocycles. The van der Waals surface area contributed by atoms with Gasteiger partial charge in [-0.05, 0) is 31.6 Å². The van der Waals surface area contributed by atoms with E-state index in [1.165, 1.54) is 19.3 Å². The van der Waals surface area contributed by atoms with Gasteiger partial charge in [-0.25, -0.2) is 0 Å². The minimum Gasteiger partial charge on any atom is -0.491 e. The van der Waals surface area contributed by atoms with E-state index in [-0.39, 0.29) is 5.91 Å². The maximum Gasteiger partial charge on any atom is 0.238 e. The third-order valence-electron chi connectivity index (χ3n) is 3.68. The summed E-state index contributed by atoms with van der Waals surface area (Å²) in [5.41, 5.74) is 0.759. The summed E-state index contributed by atoms with van der Waals surface area (Å²) >= 11 is 0. The zero-order valence-corrected chi connectivity index (χ0v) is 14.2. The van der Waals surface area contributed by atoms with Gasteiger partial charge in [0, 0.05) is 0 Å². The van der Waals surface area contributed by atoms with Crippen LogP contribution in [0.5, 0.6) is 5.75 Å². The number of unbranched alkanes of at least 4 members (excludes halogenated alkanes) is 3. The summed E-state index contributed by atoms with van der Waals surface area (Å²) in [6, 6.07) is 7.65. The molecule has 4 nitrogen and oxygen atoms in total. The molecule has 1 aromatic carbocycles. The van der Waals surface area contributed by atoms with Crippen LogP contribution < -0.4 is 10.1 Å². The third-order valence-corrected chi connectivity index (χ3v) is 3.68. The highest BCUT2D eigenvalue weighted by Gasteiger charge is 2.10. The molecule has 0 atom stereocenters. The molecule has 0 radical (unpaired) electrons. The number of likely N-dealkylation sites (N-methyl/N-ethyl adjacent to an activating group) is 1. The van der Waals surface area contributed by atoms with Crippen LogP contribution in [-0.4, -0.2) is 37.0 Å². The van der Waals surface area contributed by atoms with Crippen LogP contribution in [0.4, 0.5) is 5.69 Å². The van der Waals surface area contributed by atoms with Gasteiger partial charge in [0.1, 0.15) is 5.75 Å². The minimum atomic E-state index is 0.00531. The first-order valence-corrected chi connectivity index (χ1v) is 8.45. The molecule has 0 heterocycles. The zero-order valence-electron chi connectivity index (χ0n) is 14.2. The number of para-hydroxylation sites is 2. The summed E-state index contributed by atoms with van der Waals surface area (Å²) < 4.78 is 5.81. The molecule has 124 valence electrons. The summed E-state index contributed by atoms with van der Waals surface area (Å²) in [4.78, 5) is 14.2. The van der Waals surface area contributed by atoms with E-state index in [1.54, 1.807) is 0 Å². The van der Waals surface area contributed by atoms with E-state index in [2.05, 4.69) is 31.0 Å². The van der Waals surface area contributed by atoms with Gasteiger partial charge in [-0.2, -0.15) is 0 Å². The number of ether oxygens (including phenoxy) is 1. The maximum absolute atomic E-state index is 12.1. The Morgan fingerprint density at radius 2 is 1.82 bits per heavy atom. The zero-order chi connectivity index (χ0) is 16.2. The van der Waals surface area contributed by atoms with Crippen molar-refractivity contribution in [3.8, 4) is 5.75 Å². The fourth-order valence-electron chi connectivity index (χ4n) is 2.25. The standard InChI is InChI=1S/C18H30N2O2/c1-4-7-8-11-14-22-17-13-10-9-12-16(17)19-18(21)15-20(5-2)6-3/h9-10,12-13H,4-8,11,14-15H2,1-3H3,(H,19,21). The van der Waals surface area contributed by atoms with Gasteiger partial charge in [0.2, 0.25) is 5.91 Å². The van der Waals surface area contributed by atoms with E-state index < -0.39 is 0 Å². The van der Waals surface area contributed by atoms with Crippen LogP contribution in [0, 0.1) is 0 Å². The van der Waals surface area contributed by atoms with Crippen molar-refractivity contribution in [1.29, 1.82) is 0 Å². The van der Waals surface area contributed by atoms with E-state index in [0.717, 1.165) is 30.9 Å². The molecule has 0 saturated heterocycles. The Morgan fingerprint density at radius 3 is 2.50 bits per heavy atom. The molecule has 22 heavy (non-hydrogen) atoms. The van der Waals surface area contributed by atoms with Gasteiger partial charge < -0.3 is 10.1 Å². The Labute approximate surface area is 134 Å². The number of rotatable bonds is 11. The highest BCUT2D eigenvalue weighted by atomic mass is 16.5. The predicted molar refractivity (Wildman–Crippen MR) is 92.5 cm³/mol. The van der Waals surface area contributed by atoms with Crippen molar-refractivity contribution in [2.45, 2.75) is 46.5 Å². The summed E-state index contributed by atoms with van der Waals surface area (Å²) in [6.45, 7) is 9.18. The average molecular weight is 306 g/mol. The monoisotopic (exact) mass is 306 g/mol. The first-order chi connectivity index (χ1) is 10.7. The van der Waals surface area contributed by atoms with Gasteiger partial charge in [0.15, 0.2) is 0 Å². The van der Waals surface area contributed by atoms with Crippen LogP contribution in [0.3, 0.4) is 0 Å². The largest absolute Gasteiger partial charge is 0.491 e. The molecule has 0 aliphatic heterocycles. The van der Waals surface area contributed by atoms with Crippen LogP contribution in [-0.2, 0) is 4.79 Å². The van der Waals surface area contributed by atoms with Crippen LogP contribution in [0.15, 0.2) is 24.3 Å². The van der Waals surface area contributed by atoms with Gasteiger partial charge in [-0.1, -0.05) is 52.2 Å². The number of benzene rings is 1. The van der Waals surface area contributed by atoms with Crippen molar-refractivity contribution < 1.29 is 9.53 Å². The molecule has 1 aromatic rings. The Bertz CT molecular complexity index is 431. The molecule has 0 aromatic heterocycles. The molecule has 0 bridgehead atoms. The molecule has 1 N–H and O–H groups in total. The first-order valence-electron chi connectivity index (χ1n) is 8.45. The molecule has 1 rings (SSSR count). The van der Waals surface area contributed by atoms with E-state index in [1.807, 2.05) is 24.3 Å². The van der Waals surface area contributed by atoms with E-state index >= 15 is 0 Å². The number of nitrogens with zero attached hydrogens (tertiary/aromatic N) is 1. The quantitative estimate of drug-likeness (QED) is 0.630. The second kappa shape index (κ2) is 11.1. The minimum absolute atomic E-state index is 0.00531. The smallest absolute Gasteiger partial charge is 0.238 e. The SMILES string of the molecule is CCCCCCOc1ccccc1NC(=O)CN(CC)CC.